The number of hydrogen-bond donors (Lipinski definition) is 0. The number of pyridine rings is 1. The van der Waals surface area contributed by atoms with Gasteiger partial charge in [0.15, 0.2) is 5.78 Å². The van der Waals surface area contributed by atoms with Gasteiger partial charge in [-0.15, -0.1) is 0 Å². The van der Waals surface area contributed by atoms with Gasteiger partial charge in [-0.05, 0) is 31.5 Å². The van der Waals surface area contributed by atoms with Crippen LogP contribution in [0.5, 0.6) is 5.75 Å². The van der Waals surface area contributed by atoms with Gasteiger partial charge in [-0.2, -0.15) is 9.65 Å². The molecule has 0 saturated heterocycles. The molecule has 0 saturated carbocycles. The van der Waals surface area contributed by atoms with E-state index >= 15 is 0 Å². The fraction of sp³-hybridized carbons (Fsp3) is 0.188. The van der Waals surface area contributed by atoms with Crippen molar-refractivity contribution in [3.63, 3.8) is 0 Å². The fourth-order valence-electron chi connectivity index (χ4n) is 2.38. The summed E-state index contributed by atoms with van der Waals surface area (Å²) >= 11 is 0. The van der Waals surface area contributed by atoms with Gasteiger partial charge in [-0.25, -0.2) is 9.37 Å². The number of rotatable bonds is 3. The van der Waals surface area contributed by atoms with Crippen molar-refractivity contribution in [2.24, 2.45) is 0 Å². The first kappa shape index (κ1) is 15.6. The van der Waals surface area contributed by atoms with Crippen molar-refractivity contribution in [3.8, 4) is 22.9 Å². The molecule has 0 N–H and O–H groups in total. The summed E-state index contributed by atoms with van der Waals surface area (Å²) in [4.78, 5) is 15.2. The van der Waals surface area contributed by atoms with Gasteiger partial charge in [0.1, 0.15) is 17.6 Å². The average Bonchev–Trinajstić information content (AvgIpc) is 2.47. The molecule has 0 aliphatic heterocycles. The van der Waals surface area contributed by atoms with Crippen LogP contribution in [0.15, 0.2) is 18.3 Å². The third kappa shape index (κ3) is 2.31. The first-order valence-electron chi connectivity index (χ1n) is 6.36. The van der Waals surface area contributed by atoms with Crippen molar-refractivity contribution in [1.29, 1.82) is 5.26 Å². The molecule has 1 aromatic carbocycles. The fourth-order valence-corrected chi connectivity index (χ4v) is 2.38. The molecule has 1 aromatic heterocycles. The first-order chi connectivity index (χ1) is 10.4. The molecule has 0 bridgehead atoms. The van der Waals surface area contributed by atoms with Crippen LogP contribution < -0.4 is 4.74 Å². The van der Waals surface area contributed by atoms with Gasteiger partial charge in [0.2, 0.25) is 5.95 Å². The van der Waals surface area contributed by atoms with Gasteiger partial charge in [0.05, 0.1) is 23.8 Å². The maximum absolute atomic E-state index is 14.8. The van der Waals surface area contributed by atoms with E-state index in [2.05, 4.69) is 4.98 Å². The molecule has 0 atom stereocenters. The van der Waals surface area contributed by atoms with Gasteiger partial charge >= 0.3 is 0 Å². The highest BCUT2D eigenvalue weighted by Crippen LogP contribution is 2.40. The Kier molecular flexibility index (Phi) is 4.18. The summed E-state index contributed by atoms with van der Waals surface area (Å²) in [6.07, 6.45) is 1.22. The standard InChI is InChI=1S/C16H12F2N2O2/c1-8-11(7-19)15(22-3)13(14(17)12(8)9(2)21)10-5-4-6-20-16(10)18/h4-6H,1-3H3. The molecule has 112 valence electrons. The predicted molar refractivity (Wildman–Crippen MR) is 75.6 cm³/mol. The van der Waals surface area contributed by atoms with Crippen molar-refractivity contribution in [2.75, 3.05) is 7.11 Å². The Morgan fingerprint density at radius 1 is 1.41 bits per heavy atom. The van der Waals surface area contributed by atoms with Crippen molar-refractivity contribution >= 4 is 5.78 Å². The minimum atomic E-state index is -0.923. The molecule has 2 rings (SSSR count). The van der Waals surface area contributed by atoms with Crippen LogP contribution in [0.4, 0.5) is 8.78 Å². The number of carbonyl (C=O) groups is 1. The Labute approximate surface area is 126 Å². The second kappa shape index (κ2) is 5.90. The number of nitriles is 1. The van der Waals surface area contributed by atoms with Gasteiger partial charge < -0.3 is 4.74 Å². The summed E-state index contributed by atoms with van der Waals surface area (Å²) in [7, 11) is 1.25. The second-order valence-electron chi connectivity index (χ2n) is 4.61. The molecular formula is C16H12F2N2O2. The molecule has 0 fully saturated rings. The molecular weight excluding hydrogens is 290 g/mol. The first-order valence-corrected chi connectivity index (χ1v) is 6.36. The van der Waals surface area contributed by atoms with Crippen molar-refractivity contribution in [3.05, 3.63) is 46.8 Å². The number of nitrogens with zero attached hydrogens (tertiary/aromatic N) is 2. The molecule has 0 unspecified atom stereocenters. The van der Waals surface area contributed by atoms with E-state index in [1.165, 1.54) is 39.3 Å². The lowest BCUT2D eigenvalue weighted by atomic mass is 9.92. The lowest BCUT2D eigenvalue weighted by Gasteiger charge is -2.17. The molecule has 22 heavy (non-hydrogen) atoms. The molecule has 4 nitrogen and oxygen atoms in total. The Bertz CT molecular complexity index is 811. The Balaban J connectivity index is 3.01. The smallest absolute Gasteiger partial charge is 0.220 e. The van der Waals surface area contributed by atoms with Gasteiger partial charge in [0.25, 0.3) is 0 Å². The molecule has 0 radical (unpaired) electrons. The number of ketones is 1. The summed E-state index contributed by atoms with van der Waals surface area (Å²) < 4.78 is 33.9. The van der Waals surface area contributed by atoms with Crippen LogP contribution in [-0.2, 0) is 0 Å². The van der Waals surface area contributed by atoms with E-state index in [9.17, 15) is 18.8 Å². The molecule has 0 aliphatic carbocycles. The van der Waals surface area contributed by atoms with E-state index in [1.807, 2.05) is 6.07 Å². The van der Waals surface area contributed by atoms with Gasteiger partial charge in [-0.3, -0.25) is 4.79 Å². The number of carbonyl (C=O) groups excluding carboxylic acids is 1. The van der Waals surface area contributed by atoms with Gasteiger partial charge in [0, 0.05) is 11.8 Å². The van der Waals surface area contributed by atoms with Crippen LogP contribution >= 0.6 is 0 Å². The van der Waals surface area contributed by atoms with Crippen LogP contribution in [0.2, 0.25) is 0 Å². The topological polar surface area (TPSA) is 63.0 Å². The summed E-state index contributed by atoms with van der Waals surface area (Å²) in [6.45, 7) is 2.63. The number of hydrogen-bond acceptors (Lipinski definition) is 4. The average molecular weight is 302 g/mol. The van der Waals surface area contributed by atoms with Crippen molar-refractivity contribution in [2.45, 2.75) is 13.8 Å². The van der Waals surface area contributed by atoms with Gasteiger partial charge in [-0.1, -0.05) is 0 Å². The van der Waals surface area contributed by atoms with E-state index in [0.717, 1.165) is 0 Å². The summed E-state index contributed by atoms with van der Waals surface area (Å²) in [5.41, 5.74) is -0.545. The zero-order valence-corrected chi connectivity index (χ0v) is 12.2. The second-order valence-corrected chi connectivity index (χ2v) is 4.61. The Morgan fingerprint density at radius 3 is 2.59 bits per heavy atom. The summed E-state index contributed by atoms with van der Waals surface area (Å²) in [6, 6.07) is 4.62. The predicted octanol–water partition coefficient (Wildman–Crippen LogP) is 3.42. The third-order valence-electron chi connectivity index (χ3n) is 3.34. The number of halogens is 2. The number of Topliss-reactive ketones (excluding diaryl/α,β-unsaturated/α-hetero) is 1. The number of benzene rings is 1. The monoisotopic (exact) mass is 302 g/mol. The molecule has 0 amide bonds. The highest BCUT2D eigenvalue weighted by atomic mass is 19.1. The van der Waals surface area contributed by atoms with Crippen molar-refractivity contribution < 1.29 is 18.3 Å². The largest absolute Gasteiger partial charge is 0.495 e. The van der Waals surface area contributed by atoms with E-state index in [-0.39, 0.29) is 33.6 Å². The quantitative estimate of drug-likeness (QED) is 0.644. The van der Waals surface area contributed by atoms with E-state index < -0.39 is 17.5 Å². The van der Waals surface area contributed by atoms with Crippen LogP contribution in [0, 0.1) is 30.0 Å². The third-order valence-corrected chi connectivity index (χ3v) is 3.34. The lowest BCUT2D eigenvalue weighted by molar-refractivity contribution is 0.101. The summed E-state index contributed by atoms with van der Waals surface area (Å²) in [5.74, 6) is -2.51. The number of methoxy groups -OCH3 is 1. The van der Waals surface area contributed by atoms with Crippen molar-refractivity contribution in [1.82, 2.24) is 4.98 Å². The molecule has 6 heteroatoms. The maximum Gasteiger partial charge on any atom is 0.220 e. The maximum atomic E-state index is 14.8. The van der Waals surface area contributed by atoms with E-state index in [4.69, 9.17) is 4.74 Å². The number of aromatic nitrogens is 1. The minimum Gasteiger partial charge on any atom is -0.495 e. The Morgan fingerprint density at radius 2 is 2.09 bits per heavy atom. The SMILES string of the molecule is COc1c(C#N)c(C)c(C(C)=O)c(F)c1-c1cccnc1F. The molecule has 0 aliphatic rings. The lowest BCUT2D eigenvalue weighted by Crippen LogP contribution is -2.09. The normalized spacial score (nSPS) is 10.2. The number of ether oxygens (including phenoxy) is 1. The van der Waals surface area contributed by atoms with E-state index in [0.29, 0.717) is 0 Å². The molecule has 2 aromatic rings. The zero-order chi connectivity index (χ0) is 16.4. The van der Waals surface area contributed by atoms with Crippen LogP contribution in [0.25, 0.3) is 11.1 Å². The highest BCUT2D eigenvalue weighted by molar-refractivity contribution is 5.99. The van der Waals surface area contributed by atoms with Crippen LogP contribution in [0.3, 0.4) is 0 Å². The molecule has 1 heterocycles. The summed E-state index contributed by atoms with van der Waals surface area (Å²) in [5, 5.41) is 9.30. The van der Waals surface area contributed by atoms with E-state index in [1.54, 1.807) is 0 Å². The highest BCUT2D eigenvalue weighted by Gasteiger charge is 2.27. The minimum absolute atomic E-state index is 0.00708. The van der Waals surface area contributed by atoms with Crippen LogP contribution in [-0.4, -0.2) is 17.9 Å². The molecule has 0 spiro atoms. The van der Waals surface area contributed by atoms with Crippen LogP contribution in [0.1, 0.15) is 28.4 Å². The zero-order valence-electron chi connectivity index (χ0n) is 12.2. The Hall–Kier alpha value is -2.81.